The van der Waals surface area contributed by atoms with Gasteiger partial charge in [-0.2, -0.15) is 0 Å². The molecule has 2 atom stereocenters. The van der Waals surface area contributed by atoms with Crippen molar-refractivity contribution in [3.05, 3.63) is 17.5 Å². The second-order valence-electron chi connectivity index (χ2n) is 8.05. The molecule has 1 aromatic heterocycles. The van der Waals surface area contributed by atoms with Crippen LogP contribution in [0.2, 0.25) is 0 Å². The lowest BCUT2D eigenvalue weighted by molar-refractivity contribution is -0.127. The summed E-state index contributed by atoms with van der Waals surface area (Å²) in [6, 6.07) is 2.40. The molecule has 2 N–H and O–H groups in total. The molecule has 2 unspecified atom stereocenters. The van der Waals surface area contributed by atoms with Gasteiger partial charge in [-0.05, 0) is 31.6 Å². The molecule has 7 nitrogen and oxygen atoms in total. The summed E-state index contributed by atoms with van der Waals surface area (Å²) in [7, 11) is 3.49. The molecule has 1 fully saturated rings. The fraction of sp³-hybridized carbons (Fsp3) is 0.762. The monoisotopic (exact) mass is 519 g/mol. The van der Waals surface area contributed by atoms with E-state index in [0.29, 0.717) is 30.4 Å². The zero-order chi connectivity index (χ0) is 20.5. The Kier molecular flexibility index (Phi) is 11.6. The highest BCUT2D eigenvalue weighted by Gasteiger charge is 2.22. The average Bonchev–Trinajstić information content (AvgIpc) is 3.15. The highest BCUT2D eigenvalue weighted by molar-refractivity contribution is 14.0. The first-order valence-corrected chi connectivity index (χ1v) is 10.6. The molecule has 1 heterocycles. The first-order chi connectivity index (χ1) is 13.4. The number of carbonyl (C=O) groups excluding carboxylic acids is 1. The molecule has 2 rings (SSSR count). The number of aliphatic imine (C=N–C) groups is 1. The number of amides is 1. The Bertz CT molecular complexity index is 643. The Balaban J connectivity index is 0.00000420. The van der Waals surface area contributed by atoms with Crippen molar-refractivity contribution in [3.63, 3.8) is 0 Å². The van der Waals surface area contributed by atoms with Gasteiger partial charge >= 0.3 is 0 Å². The maximum Gasteiger partial charge on any atom is 0.243 e. The van der Waals surface area contributed by atoms with E-state index in [2.05, 4.69) is 41.6 Å². The zero-order valence-electron chi connectivity index (χ0n) is 18.5. The molecule has 0 saturated heterocycles. The van der Waals surface area contributed by atoms with Crippen LogP contribution in [0.3, 0.4) is 0 Å². The molecule has 0 radical (unpaired) electrons. The minimum Gasteiger partial charge on any atom is -0.359 e. The lowest BCUT2D eigenvalue weighted by Gasteiger charge is -2.30. The summed E-state index contributed by atoms with van der Waals surface area (Å²) in [4.78, 5) is 18.0. The van der Waals surface area contributed by atoms with Crippen LogP contribution in [0, 0.1) is 5.92 Å². The molecular weight excluding hydrogens is 481 g/mol. The van der Waals surface area contributed by atoms with E-state index >= 15 is 0 Å². The molecule has 166 valence electrons. The maximum absolute atomic E-state index is 12.0. The number of likely N-dealkylation sites (N-methyl/N-ethyl adjacent to an activating group) is 1. The number of nitrogens with zero attached hydrogens (tertiary/aromatic N) is 3. The molecule has 0 spiro atoms. The van der Waals surface area contributed by atoms with Gasteiger partial charge in [0.25, 0.3) is 0 Å². The van der Waals surface area contributed by atoms with E-state index in [1.54, 1.807) is 19.0 Å². The third-order valence-electron chi connectivity index (χ3n) is 5.72. The van der Waals surface area contributed by atoms with Crippen molar-refractivity contribution in [1.29, 1.82) is 0 Å². The zero-order valence-corrected chi connectivity index (χ0v) is 20.9. The fourth-order valence-electron chi connectivity index (χ4n) is 3.63. The molecule has 0 aliphatic heterocycles. The van der Waals surface area contributed by atoms with Gasteiger partial charge in [-0.25, -0.2) is 4.99 Å². The van der Waals surface area contributed by atoms with Crippen LogP contribution in [0.5, 0.6) is 0 Å². The first kappa shape index (κ1) is 25.7. The van der Waals surface area contributed by atoms with Crippen molar-refractivity contribution in [2.75, 3.05) is 20.6 Å². The summed E-state index contributed by atoms with van der Waals surface area (Å²) in [5.74, 6) is 2.46. The molecule has 29 heavy (non-hydrogen) atoms. The SMILES string of the molecule is CCC(CC)c1cc(CNC(=NCC(=O)N(C)C)NC2CCCCC2C)on1.I. The van der Waals surface area contributed by atoms with Gasteiger partial charge in [-0.15, -0.1) is 24.0 Å². The van der Waals surface area contributed by atoms with Crippen LogP contribution >= 0.6 is 24.0 Å². The Hall–Kier alpha value is -1.32. The summed E-state index contributed by atoms with van der Waals surface area (Å²) >= 11 is 0. The highest BCUT2D eigenvalue weighted by atomic mass is 127. The van der Waals surface area contributed by atoms with Crippen LogP contribution in [0.4, 0.5) is 0 Å². The molecule has 8 heteroatoms. The summed E-state index contributed by atoms with van der Waals surface area (Å²) in [5.41, 5.74) is 1.01. The van der Waals surface area contributed by atoms with Gasteiger partial charge < -0.3 is 20.1 Å². The number of nitrogens with one attached hydrogen (secondary N) is 2. The van der Waals surface area contributed by atoms with Crippen LogP contribution in [0.1, 0.15) is 76.7 Å². The number of hydrogen-bond acceptors (Lipinski definition) is 4. The van der Waals surface area contributed by atoms with Crippen molar-refractivity contribution in [1.82, 2.24) is 20.7 Å². The van der Waals surface area contributed by atoms with Crippen LogP contribution in [0.25, 0.3) is 0 Å². The van der Waals surface area contributed by atoms with Crippen molar-refractivity contribution in [2.45, 2.75) is 77.8 Å². The second-order valence-corrected chi connectivity index (χ2v) is 8.05. The third kappa shape index (κ3) is 8.14. The fourth-order valence-corrected chi connectivity index (χ4v) is 3.63. The van der Waals surface area contributed by atoms with E-state index in [-0.39, 0.29) is 36.4 Å². The van der Waals surface area contributed by atoms with Gasteiger partial charge in [0.05, 0.1) is 12.2 Å². The summed E-state index contributed by atoms with van der Waals surface area (Å²) in [6.07, 6.45) is 6.97. The summed E-state index contributed by atoms with van der Waals surface area (Å²) < 4.78 is 5.50. The summed E-state index contributed by atoms with van der Waals surface area (Å²) in [6.45, 7) is 7.23. The predicted molar refractivity (Wildman–Crippen MR) is 128 cm³/mol. The number of hydrogen-bond donors (Lipinski definition) is 2. The van der Waals surface area contributed by atoms with E-state index in [1.165, 1.54) is 19.3 Å². The first-order valence-electron chi connectivity index (χ1n) is 10.6. The topological polar surface area (TPSA) is 82.8 Å². The number of rotatable bonds is 8. The molecule has 1 amide bonds. The largest absolute Gasteiger partial charge is 0.359 e. The minimum absolute atomic E-state index is 0. The molecule has 1 saturated carbocycles. The third-order valence-corrected chi connectivity index (χ3v) is 5.72. The van der Waals surface area contributed by atoms with Gasteiger partial charge in [0.2, 0.25) is 5.91 Å². The summed E-state index contributed by atoms with van der Waals surface area (Å²) in [5, 5.41) is 11.1. The van der Waals surface area contributed by atoms with Gasteiger partial charge in [-0.1, -0.05) is 38.8 Å². The Morgan fingerprint density at radius 1 is 1.31 bits per heavy atom. The van der Waals surface area contributed by atoms with Crippen LogP contribution in [-0.4, -0.2) is 48.6 Å². The lowest BCUT2D eigenvalue weighted by atomic mass is 9.86. The average molecular weight is 519 g/mol. The van der Waals surface area contributed by atoms with Crippen molar-refractivity contribution < 1.29 is 9.32 Å². The maximum atomic E-state index is 12.0. The number of guanidine groups is 1. The smallest absolute Gasteiger partial charge is 0.243 e. The van der Waals surface area contributed by atoms with Crippen molar-refractivity contribution >= 4 is 35.8 Å². The molecule has 1 aliphatic rings. The molecule has 1 aromatic rings. The normalized spacial score (nSPS) is 19.6. The van der Waals surface area contributed by atoms with Gasteiger partial charge in [0.15, 0.2) is 11.7 Å². The number of carbonyl (C=O) groups is 1. The van der Waals surface area contributed by atoms with Crippen LogP contribution in [-0.2, 0) is 11.3 Å². The van der Waals surface area contributed by atoms with E-state index < -0.39 is 0 Å². The van der Waals surface area contributed by atoms with Gasteiger partial charge in [-0.3, -0.25) is 4.79 Å². The Morgan fingerprint density at radius 2 is 2.00 bits per heavy atom. The van der Waals surface area contributed by atoms with Crippen LogP contribution < -0.4 is 10.6 Å². The Morgan fingerprint density at radius 3 is 2.62 bits per heavy atom. The van der Waals surface area contributed by atoms with E-state index in [4.69, 9.17) is 4.52 Å². The second kappa shape index (κ2) is 13.1. The highest BCUT2D eigenvalue weighted by Crippen LogP contribution is 2.24. The number of aromatic nitrogens is 1. The van der Waals surface area contributed by atoms with E-state index in [1.807, 2.05) is 6.07 Å². The van der Waals surface area contributed by atoms with E-state index in [0.717, 1.165) is 30.7 Å². The minimum atomic E-state index is -0.0199. The number of halogens is 1. The van der Waals surface area contributed by atoms with Gasteiger partial charge in [0, 0.05) is 32.1 Å². The lowest BCUT2D eigenvalue weighted by Crippen LogP contribution is -2.47. The Labute approximate surface area is 192 Å². The predicted octanol–water partition coefficient (Wildman–Crippen LogP) is 3.90. The quantitative estimate of drug-likeness (QED) is 0.309. The standard InChI is InChI=1S/C21H37N5O2.HI/c1-6-16(7-2)19-12-17(28-25-19)13-22-21(23-14-20(27)26(4)5)24-18-11-9-8-10-15(18)3;/h12,15-16,18H,6-11,13-14H2,1-5H3,(H2,22,23,24);1H. The molecule has 0 bridgehead atoms. The van der Waals surface area contributed by atoms with Crippen molar-refractivity contribution in [2.24, 2.45) is 10.9 Å². The van der Waals surface area contributed by atoms with E-state index in [9.17, 15) is 4.79 Å². The molecular formula is C21H38IN5O2. The molecule has 1 aliphatic carbocycles. The van der Waals surface area contributed by atoms with Gasteiger partial charge in [0.1, 0.15) is 6.54 Å². The van der Waals surface area contributed by atoms with Crippen LogP contribution in [0.15, 0.2) is 15.6 Å². The van der Waals surface area contributed by atoms with Crippen molar-refractivity contribution in [3.8, 4) is 0 Å². The molecule has 0 aromatic carbocycles.